The zero-order valence-corrected chi connectivity index (χ0v) is 16.2. The van der Waals surface area contributed by atoms with Gasteiger partial charge in [-0.1, -0.05) is 24.3 Å². The zero-order valence-electron chi connectivity index (χ0n) is 15.4. The molecule has 0 amide bonds. The fourth-order valence-corrected chi connectivity index (χ4v) is 4.91. The van der Waals surface area contributed by atoms with Crippen LogP contribution >= 0.6 is 0 Å². The molecule has 0 aliphatic carbocycles. The molecule has 1 fully saturated rings. The Morgan fingerprint density at radius 2 is 1.86 bits per heavy atom. The predicted molar refractivity (Wildman–Crippen MR) is 105 cm³/mol. The van der Waals surface area contributed by atoms with E-state index in [9.17, 15) is 18.5 Å². The molecule has 1 saturated heterocycles. The molecule has 0 spiro atoms. The SMILES string of the molecule is O=[N+]([O-])c1c(NCc2ccccc2S(=O)(=O)N2CCOCC2)nc2ccccn12. The van der Waals surface area contributed by atoms with E-state index in [-0.39, 0.29) is 23.1 Å². The molecule has 4 rings (SSSR count). The van der Waals surface area contributed by atoms with E-state index in [1.807, 2.05) is 0 Å². The van der Waals surface area contributed by atoms with Crippen molar-refractivity contribution in [2.75, 3.05) is 31.6 Å². The van der Waals surface area contributed by atoms with Crippen LogP contribution in [0.1, 0.15) is 5.56 Å². The quantitative estimate of drug-likeness (QED) is 0.480. The van der Waals surface area contributed by atoms with Crippen LogP contribution in [0.5, 0.6) is 0 Å². The molecule has 11 heteroatoms. The van der Waals surface area contributed by atoms with Gasteiger partial charge in [0.05, 0.1) is 24.3 Å². The molecule has 10 nitrogen and oxygen atoms in total. The first-order chi connectivity index (χ1) is 14.0. The summed E-state index contributed by atoms with van der Waals surface area (Å²) in [7, 11) is -3.69. The van der Waals surface area contributed by atoms with Crippen LogP contribution in [-0.4, -0.2) is 53.3 Å². The van der Waals surface area contributed by atoms with Crippen LogP contribution in [0, 0.1) is 10.1 Å². The molecule has 1 aliphatic heterocycles. The number of nitro groups is 1. The van der Waals surface area contributed by atoms with Crippen molar-refractivity contribution in [3.05, 3.63) is 64.3 Å². The number of benzene rings is 1. The lowest BCUT2D eigenvalue weighted by atomic mass is 10.2. The van der Waals surface area contributed by atoms with E-state index in [2.05, 4.69) is 10.3 Å². The fraction of sp³-hybridized carbons (Fsp3) is 0.278. The Balaban J connectivity index is 1.64. The lowest BCUT2D eigenvalue weighted by Gasteiger charge is -2.27. The smallest absolute Gasteiger partial charge is 0.372 e. The van der Waals surface area contributed by atoms with Crippen LogP contribution in [0.15, 0.2) is 53.6 Å². The number of hydrogen-bond donors (Lipinski definition) is 1. The minimum absolute atomic E-state index is 0.0739. The summed E-state index contributed by atoms with van der Waals surface area (Å²) in [6.07, 6.45) is 1.56. The van der Waals surface area contributed by atoms with E-state index >= 15 is 0 Å². The fourth-order valence-electron chi connectivity index (χ4n) is 3.28. The van der Waals surface area contributed by atoms with Crippen LogP contribution < -0.4 is 5.32 Å². The number of hydrogen-bond acceptors (Lipinski definition) is 7. The highest BCUT2D eigenvalue weighted by atomic mass is 32.2. The largest absolute Gasteiger partial charge is 0.379 e. The van der Waals surface area contributed by atoms with Crippen LogP contribution in [-0.2, 0) is 21.3 Å². The molecular formula is C18H19N5O5S. The van der Waals surface area contributed by atoms with Crippen LogP contribution in [0.25, 0.3) is 5.65 Å². The average molecular weight is 417 g/mol. The molecule has 1 aliphatic rings. The van der Waals surface area contributed by atoms with Gasteiger partial charge >= 0.3 is 5.82 Å². The Kier molecular flexibility index (Phi) is 5.18. The topological polar surface area (TPSA) is 119 Å². The number of fused-ring (bicyclic) bond motifs is 1. The van der Waals surface area contributed by atoms with E-state index in [0.717, 1.165) is 0 Å². The summed E-state index contributed by atoms with van der Waals surface area (Å²) in [6.45, 7) is 1.37. The molecule has 152 valence electrons. The summed E-state index contributed by atoms with van der Waals surface area (Å²) in [5.74, 6) is -0.117. The molecule has 2 aromatic heterocycles. The first kappa shape index (κ1) is 19.3. The van der Waals surface area contributed by atoms with Crippen LogP contribution in [0.4, 0.5) is 11.6 Å². The number of aromatic nitrogens is 2. The molecule has 3 heterocycles. The highest BCUT2D eigenvalue weighted by Crippen LogP contribution is 2.27. The number of rotatable bonds is 6. The molecular weight excluding hydrogens is 398 g/mol. The maximum absolute atomic E-state index is 13.1. The number of morpholine rings is 1. The molecule has 1 aromatic carbocycles. The average Bonchev–Trinajstić information content (AvgIpc) is 3.12. The van der Waals surface area contributed by atoms with E-state index < -0.39 is 14.9 Å². The van der Waals surface area contributed by atoms with Gasteiger partial charge in [-0.15, -0.1) is 0 Å². The minimum atomic E-state index is -3.69. The summed E-state index contributed by atoms with van der Waals surface area (Å²) >= 11 is 0. The number of anilines is 1. The maximum atomic E-state index is 13.1. The van der Waals surface area contributed by atoms with Crippen LogP contribution in [0.2, 0.25) is 0 Å². The number of nitrogens with one attached hydrogen (secondary N) is 1. The minimum Gasteiger partial charge on any atom is -0.379 e. The van der Waals surface area contributed by atoms with Crippen molar-refractivity contribution in [2.45, 2.75) is 11.4 Å². The summed E-state index contributed by atoms with van der Waals surface area (Å²) in [4.78, 5) is 15.4. The van der Waals surface area contributed by atoms with E-state index in [0.29, 0.717) is 37.5 Å². The van der Waals surface area contributed by atoms with Crippen molar-refractivity contribution in [3.63, 3.8) is 0 Å². The van der Waals surface area contributed by atoms with Gasteiger partial charge in [0.25, 0.3) is 0 Å². The summed E-state index contributed by atoms with van der Waals surface area (Å²) in [5, 5.41) is 14.5. The summed E-state index contributed by atoms with van der Waals surface area (Å²) in [5.41, 5.74) is 0.932. The first-order valence-corrected chi connectivity index (χ1v) is 10.4. The lowest BCUT2D eigenvalue weighted by Crippen LogP contribution is -2.41. The van der Waals surface area contributed by atoms with Gasteiger partial charge in [-0.3, -0.25) is 0 Å². The third-order valence-electron chi connectivity index (χ3n) is 4.68. The molecule has 0 bridgehead atoms. The van der Waals surface area contributed by atoms with Crippen molar-refractivity contribution in [1.82, 2.24) is 13.7 Å². The molecule has 0 saturated carbocycles. The Morgan fingerprint density at radius 3 is 2.62 bits per heavy atom. The molecule has 0 atom stereocenters. The van der Waals surface area contributed by atoms with Crippen molar-refractivity contribution in [3.8, 4) is 0 Å². The van der Waals surface area contributed by atoms with Crippen molar-refractivity contribution >= 4 is 27.3 Å². The third-order valence-corrected chi connectivity index (χ3v) is 6.68. The Hall–Kier alpha value is -3.02. The van der Waals surface area contributed by atoms with Gasteiger partial charge in [0.15, 0.2) is 0 Å². The summed E-state index contributed by atoms with van der Waals surface area (Å²) in [6, 6.07) is 11.7. The second-order valence-electron chi connectivity index (χ2n) is 6.45. The molecule has 0 unspecified atom stereocenters. The summed E-state index contributed by atoms with van der Waals surface area (Å²) < 4.78 is 34.1. The molecule has 1 N–H and O–H groups in total. The second kappa shape index (κ2) is 7.78. The number of imidazole rings is 1. The second-order valence-corrected chi connectivity index (χ2v) is 8.35. The Bertz CT molecular complexity index is 1150. The van der Waals surface area contributed by atoms with Gasteiger partial charge in [-0.25, -0.2) is 8.42 Å². The number of pyridine rings is 1. The van der Waals surface area contributed by atoms with E-state index in [4.69, 9.17) is 4.74 Å². The maximum Gasteiger partial charge on any atom is 0.372 e. The van der Waals surface area contributed by atoms with Gasteiger partial charge in [0.2, 0.25) is 21.5 Å². The van der Waals surface area contributed by atoms with Gasteiger partial charge in [-0.05, 0) is 22.6 Å². The molecule has 29 heavy (non-hydrogen) atoms. The van der Waals surface area contributed by atoms with Crippen molar-refractivity contribution in [1.29, 1.82) is 0 Å². The highest BCUT2D eigenvalue weighted by molar-refractivity contribution is 7.89. The Labute approximate surface area is 166 Å². The van der Waals surface area contributed by atoms with Gasteiger partial charge < -0.3 is 20.2 Å². The zero-order chi connectivity index (χ0) is 20.4. The van der Waals surface area contributed by atoms with Gasteiger partial charge in [-0.2, -0.15) is 13.7 Å². The Morgan fingerprint density at radius 1 is 1.14 bits per heavy atom. The van der Waals surface area contributed by atoms with Gasteiger partial charge in [0, 0.05) is 25.7 Å². The molecule has 0 radical (unpaired) electrons. The molecule has 3 aromatic rings. The first-order valence-electron chi connectivity index (χ1n) is 8.99. The number of sulfonamides is 1. The van der Waals surface area contributed by atoms with Crippen molar-refractivity contribution in [2.24, 2.45) is 0 Å². The highest BCUT2D eigenvalue weighted by Gasteiger charge is 2.29. The van der Waals surface area contributed by atoms with E-state index in [1.54, 1.807) is 48.7 Å². The monoisotopic (exact) mass is 417 g/mol. The van der Waals surface area contributed by atoms with E-state index in [1.165, 1.54) is 8.71 Å². The predicted octanol–water partition coefficient (Wildman–Crippen LogP) is 1.88. The number of nitrogens with zero attached hydrogens (tertiary/aromatic N) is 4. The lowest BCUT2D eigenvalue weighted by molar-refractivity contribution is -0.389. The third kappa shape index (κ3) is 3.67. The number of ether oxygens (including phenoxy) is 1. The van der Waals surface area contributed by atoms with Crippen LogP contribution in [0.3, 0.4) is 0 Å². The standard InChI is InChI=1S/C18H19N5O5S/c24-23(25)18-17(20-16-7-3-4-8-22(16)18)19-13-14-5-1-2-6-15(14)29(26,27)21-9-11-28-12-10-21/h1-8,19H,9-13H2. The van der Waals surface area contributed by atoms with Gasteiger partial charge in [0.1, 0.15) is 0 Å². The van der Waals surface area contributed by atoms with Crippen molar-refractivity contribution < 1.29 is 18.1 Å². The normalized spacial score (nSPS) is 15.4.